The molecule has 27 heavy (non-hydrogen) atoms. The SMILES string of the molecule is COC(=O)CCC(=O)Nc1ccn([C@H]2CC[C@@H](COP(=O)(O)O)O2)c(=O)n1. The lowest BCUT2D eigenvalue weighted by Gasteiger charge is -2.16. The van der Waals surface area contributed by atoms with Gasteiger partial charge in [-0.1, -0.05) is 0 Å². The molecule has 2 heterocycles. The van der Waals surface area contributed by atoms with Crippen LogP contribution < -0.4 is 11.0 Å². The summed E-state index contributed by atoms with van der Waals surface area (Å²) >= 11 is 0. The number of nitrogens with one attached hydrogen (secondary N) is 1. The number of carbonyl (C=O) groups excluding carboxylic acids is 2. The van der Waals surface area contributed by atoms with Crippen molar-refractivity contribution in [2.75, 3.05) is 19.0 Å². The van der Waals surface area contributed by atoms with Crippen molar-refractivity contribution < 1.29 is 37.9 Å². The summed E-state index contributed by atoms with van der Waals surface area (Å²) in [5, 5.41) is 2.41. The topological polar surface area (TPSA) is 166 Å². The summed E-state index contributed by atoms with van der Waals surface area (Å²) in [6.07, 6.45) is 0.858. The van der Waals surface area contributed by atoms with Crippen LogP contribution in [0, 0.1) is 0 Å². The van der Waals surface area contributed by atoms with E-state index in [0.717, 1.165) is 0 Å². The lowest BCUT2D eigenvalue weighted by Crippen LogP contribution is -2.28. The van der Waals surface area contributed by atoms with Gasteiger partial charge in [-0.2, -0.15) is 4.98 Å². The maximum atomic E-state index is 12.1. The molecule has 0 aliphatic carbocycles. The summed E-state index contributed by atoms with van der Waals surface area (Å²) in [6, 6.07) is 1.40. The number of rotatable bonds is 8. The number of phosphoric ester groups is 1. The second-order valence-corrected chi connectivity index (χ2v) is 6.94. The van der Waals surface area contributed by atoms with Crippen LogP contribution in [-0.2, 0) is 28.2 Å². The molecule has 2 atom stereocenters. The third kappa shape index (κ3) is 6.85. The largest absolute Gasteiger partial charge is 0.469 e. The van der Waals surface area contributed by atoms with E-state index in [1.165, 1.54) is 23.9 Å². The second-order valence-electron chi connectivity index (χ2n) is 5.70. The molecule has 0 spiro atoms. The van der Waals surface area contributed by atoms with Crippen LogP contribution in [0.15, 0.2) is 17.1 Å². The van der Waals surface area contributed by atoms with Crippen molar-refractivity contribution in [3.63, 3.8) is 0 Å². The Kier molecular flexibility index (Phi) is 7.22. The Morgan fingerprint density at radius 3 is 2.78 bits per heavy atom. The molecule has 2 rings (SSSR count). The number of ether oxygens (including phenoxy) is 2. The molecule has 1 aliphatic rings. The molecule has 3 N–H and O–H groups in total. The molecule has 150 valence electrons. The van der Waals surface area contributed by atoms with E-state index >= 15 is 0 Å². The number of esters is 1. The van der Waals surface area contributed by atoms with Crippen molar-refractivity contribution in [1.29, 1.82) is 0 Å². The standard InChI is InChI=1S/C14H20N3O9P/c1-24-13(19)5-3-11(18)15-10-6-7-17(14(20)16-10)12-4-2-9(26-12)8-25-27(21,22)23/h6-7,9,12H,2-5,8H2,1H3,(H2,21,22,23)(H,15,16,18,20)/t9-,12+/m0/s1. The molecular weight excluding hydrogens is 385 g/mol. The first-order chi connectivity index (χ1) is 12.7. The first-order valence-corrected chi connectivity index (χ1v) is 9.52. The van der Waals surface area contributed by atoms with Crippen molar-refractivity contribution in [3.8, 4) is 0 Å². The van der Waals surface area contributed by atoms with Crippen LogP contribution >= 0.6 is 7.82 Å². The predicted molar refractivity (Wildman–Crippen MR) is 89.5 cm³/mol. The highest BCUT2D eigenvalue weighted by Crippen LogP contribution is 2.37. The summed E-state index contributed by atoms with van der Waals surface area (Å²) in [7, 11) is -3.37. The van der Waals surface area contributed by atoms with E-state index in [-0.39, 0.29) is 25.3 Å². The van der Waals surface area contributed by atoms with Gasteiger partial charge >= 0.3 is 19.5 Å². The number of amides is 1. The maximum absolute atomic E-state index is 12.1. The third-order valence-corrected chi connectivity index (χ3v) is 4.19. The highest BCUT2D eigenvalue weighted by Gasteiger charge is 2.29. The molecule has 1 fully saturated rings. The number of hydrogen-bond donors (Lipinski definition) is 3. The number of aromatic nitrogens is 2. The predicted octanol–water partition coefficient (Wildman–Crippen LogP) is -0.0781. The van der Waals surface area contributed by atoms with Gasteiger partial charge in [-0.15, -0.1) is 0 Å². The van der Waals surface area contributed by atoms with E-state index in [0.29, 0.717) is 12.8 Å². The van der Waals surface area contributed by atoms with Crippen molar-refractivity contribution in [1.82, 2.24) is 9.55 Å². The number of methoxy groups -OCH3 is 1. The fraction of sp³-hybridized carbons (Fsp3) is 0.571. The summed E-state index contributed by atoms with van der Waals surface area (Å²) in [5.41, 5.74) is -0.665. The Morgan fingerprint density at radius 1 is 1.41 bits per heavy atom. The second kappa shape index (κ2) is 9.20. The van der Waals surface area contributed by atoms with E-state index < -0.39 is 37.7 Å². The molecule has 1 saturated heterocycles. The molecule has 0 saturated carbocycles. The average molecular weight is 405 g/mol. The summed E-state index contributed by atoms with van der Waals surface area (Å²) < 4.78 is 26.3. The van der Waals surface area contributed by atoms with Gasteiger partial charge in [-0.25, -0.2) is 9.36 Å². The van der Waals surface area contributed by atoms with E-state index in [2.05, 4.69) is 19.6 Å². The molecule has 1 amide bonds. The Labute approximate surface area is 153 Å². The molecule has 13 heteroatoms. The van der Waals surface area contributed by atoms with Crippen molar-refractivity contribution in [2.24, 2.45) is 0 Å². The monoisotopic (exact) mass is 405 g/mol. The summed E-state index contributed by atoms with van der Waals surface area (Å²) in [5.74, 6) is -0.980. The lowest BCUT2D eigenvalue weighted by molar-refractivity contribution is -0.141. The number of phosphoric acid groups is 1. The van der Waals surface area contributed by atoms with Gasteiger partial charge in [0.25, 0.3) is 0 Å². The molecule has 0 radical (unpaired) electrons. The number of carbonyl (C=O) groups is 2. The zero-order chi connectivity index (χ0) is 20.0. The molecule has 1 aliphatic heterocycles. The first kappa shape index (κ1) is 21.2. The van der Waals surface area contributed by atoms with Crippen LogP contribution in [-0.4, -0.2) is 51.0 Å². The van der Waals surface area contributed by atoms with Crippen molar-refractivity contribution >= 4 is 25.5 Å². The normalized spacial score (nSPS) is 19.7. The van der Waals surface area contributed by atoms with Gasteiger partial charge in [0, 0.05) is 12.6 Å². The Bertz CT molecular complexity index is 790. The van der Waals surface area contributed by atoms with Crippen LogP contribution in [0.4, 0.5) is 5.82 Å². The van der Waals surface area contributed by atoms with Crippen LogP contribution in [0.2, 0.25) is 0 Å². The zero-order valence-electron chi connectivity index (χ0n) is 14.4. The number of hydrogen-bond acceptors (Lipinski definition) is 8. The number of anilines is 1. The molecule has 0 aromatic carbocycles. The lowest BCUT2D eigenvalue weighted by atomic mass is 10.2. The fourth-order valence-corrected chi connectivity index (χ4v) is 2.78. The smallest absolute Gasteiger partial charge is 0.469 e. The Hall–Kier alpha value is -2.11. The summed E-state index contributed by atoms with van der Waals surface area (Å²) in [4.78, 5) is 56.0. The van der Waals surface area contributed by atoms with Gasteiger partial charge in [0.2, 0.25) is 5.91 Å². The maximum Gasteiger partial charge on any atom is 0.469 e. The quantitative estimate of drug-likeness (QED) is 0.393. The van der Waals surface area contributed by atoms with Crippen LogP contribution in [0.25, 0.3) is 0 Å². The summed E-state index contributed by atoms with van der Waals surface area (Å²) in [6.45, 7) is -0.294. The first-order valence-electron chi connectivity index (χ1n) is 7.99. The highest BCUT2D eigenvalue weighted by molar-refractivity contribution is 7.46. The van der Waals surface area contributed by atoms with Gasteiger partial charge < -0.3 is 24.6 Å². The van der Waals surface area contributed by atoms with Gasteiger partial charge in [-0.3, -0.25) is 18.7 Å². The molecule has 0 bridgehead atoms. The molecule has 1 aromatic heterocycles. The van der Waals surface area contributed by atoms with Crippen LogP contribution in [0.3, 0.4) is 0 Å². The molecule has 1 aromatic rings. The van der Waals surface area contributed by atoms with Crippen molar-refractivity contribution in [2.45, 2.75) is 38.0 Å². The van der Waals surface area contributed by atoms with Gasteiger partial charge in [-0.05, 0) is 18.9 Å². The highest BCUT2D eigenvalue weighted by atomic mass is 31.2. The van der Waals surface area contributed by atoms with Crippen molar-refractivity contribution in [3.05, 3.63) is 22.7 Å². The Morgan fingerprint density at radius 2 is 2.15 bits per heavy atom. The van der Waals surface area contributed by atoms with Crippen LogP contribution in [0.1, 0.15) is 31.9 Å². The minimum Gasteiger partial charge on any atom is -0.469 e. The van der Waals surface area contributed by atoms with E-state index in [1.54, 1.807) is 0 Å². The fourth-order valence-electron chi connectivity index (χ4n) is 2.42. The molecule has 0 unspecified atom stereocenters. The van der Waals surface area contributed by atoms with Gasteiger partial charge in [0.05, 0.1) is 26.2 Å². The molecule has 12 nitrogen and oxygen atoms in total. The third-order valence-electron chi connectivity index (χ3n) is 3.71. The van der Waals surface area contributed by atoms with E-state index in [1.807, 2.05) is 0 Å². The number of nitrogens with zero attached hydrogens (tertiary/aromatic N) is 2. The van der Waals surface area contributed by atoms with Gasteiger partial charge in [0.1, 0.15) is 12.0 Å². The van der Waals surface area contributed by atoms with Gasteiger partial charge in [0.15, 0.2) is 0 Å². The minimum absolute atomic E-state index is 0.0329. The van der Waals surface area contributed by atoms with Crippen LogP contribution in [0.5, 0.6) is 0 Å². The average Bonchev–Trinajstić information content (AvgIpc) is 3.06. The zero-order valence-corrected chi connectivity index (χ0v) is 15.3. The van der Waals surface area contributed by atoms with E-state index in [9.17, 15) is 18.9 Å². The molecular formula is C14H20N3O9P. The van der Waals surface area contributed by atoms with E-state index in [4.69, 9.17) is 14.5 Å². The minimum atomic E-state index is -4.58. The Balaban J connectivity index is 1.91.